The Kier molecular flexibility index (Phi) is 5.76. The molecule has 0 aliphatic rings. The van der Waals surface area contributed by atoms with E-state index >= 15 is 0 Å². The number of hydrogen-bond acceptors (Lipinski definition) is 5. The lowest BCUT2D eigenvalue weighted by atomic mass is 10.0. The Morgan fingerprint density at radius 1 is 1.24 bits per heavy atom. The van der Waals surface area contributed by atoms with Crippen molar-refractivity contribution in [1.82, 2.24) is 4.72 Å². The van der Waals surface area contributed by atoms with Crippen LogP contribution in [0.3, 0.4) is 0 Å². The van der Waals surface area contributed by atoms with Crippen LogP contribution >= 0.6 is 0 Å². The number of nitrogens with zero attached hydrogens (tertiary/aromatic N) is 1. The molecule has 2 aromatic carbocycles. The Bertz CT molecular complexity index is 880. The van der Waals surface area contributed by atoms with Crippen LogP contribution in [0.2, 0.25) is 0 Å². The molecule has 0 spiro atoms. The van der Waals surface area contributed by atoms with Crippen LogP contribution in [0.15, 0.2) is 47.4 Å². The van der Waals surface area contributed by atoms with E-state index in [1.54, 1.807) is 19.2 Å². The number of nitro benzene ring substituents is 1. The van der Waals surface area contributed by atoms with Crippen molar-refractivity contribution < 1.29 is 18.1 Å². The molecule has 8 heteroatoms. The highest BCUT2D eigenvalue weighted by Gasteiger charge is 2.27. The lowest BCUT2D eigenvalue weighted by Gasteiger charge is -2.19. The molecule has 7 nitrogen and oxygen atoms in total. The van der Waals surface area contributed by atoms with E-state index in [0.29, 0.717) is 12.2 Å². The SMILES string of the molecule is CC[C@@H](NS(=O)(=O)c1ccccc1[N+](=O)[O-])c1ccc(OC)c(C)c1. The zero-order valence-electron chi connectivity index (χ0n) is 14.2. The van der Waals surface area contributed by atoms with Gasteiger partial charge >= 0.3 is 0 Å². The minimum atomic E-state index is -4.05. The first-order valence-corrected chi connectivity index (χ1v) is 9.18. The summed E-state index contributed by atoms with van der Waals surface area (Å²) in [6, 6.07) is 10.2. The van der Waals surface area contributed by atoms with Gasteiger partial charge in [0, 0.05) is 12.1 Å². The Morgan fingerprint density at radius 3 is 2.48 bits per heavy atom. The zero-order chi connectivity index (χ0) is 18.6. The second-order valence-corrected chi connectivity index (χ2v) is 7.22. The fraction of sp³-hybridized carbons (Fsp3) is 0.294. The van der Waals surface area contributed by atoms with Crippen LogP contribution in [0.5, 0.6) is 5.75 Å². The topological polar surface area (TPSA) is 98.5 Å². The van der Waals surface area contributed by atoms with Crippen LogP contribution < -0.4 is 9.46 Å². The van der Waals surface area contributed by atoms with Crippen molar-refractivity contribution in [3.05, 3.63) is 63.7 Å². The minimum Gasteiger partial charge on any atom is -0.496 e. The first-order chi connectivity index (χ1) is 11.8. The Hall–Kier alpha value is -2.45. The van der Waals surface area contributed by atoms with Crippen molar-refractivity contribution in [3.63, 3.8) is 0 Å². The first kappa shape index (κ1) is 18.9. The van der Waals surface area contributed by atoms with E-state index in [-0.39, 0.29) is 4.90 Å². The number of ether oxygens (including phenoxy) is 1. The van der Waals surface area contributed by atoms with Gasteiger partial charge in [0.2, 0.25) is 10.0 Å². The molecular formula is C17H20N2O5S. The van der Waals surface area contributed by atoms with Crippen LogP contribution in [0.4, 0.5) is 5.69 Å². The summed E-state index contributed by atoms with van der Waals surface area (Å²) in [7, 11) is -2.48. The van der Waals surface area contributed by atoms with Gasteiger partial charge in [-0.15, -0.1) is 0 Å². The number of hydrogen-bond donors (Lipinski definition) is 1. The van der Waals surface area contributed by atoms with Crippen molar-refractivity contribution >= 4 is 15.7 Å². The molecule has 25 heavy (non-hydrogen) atoms. The molecule has 134 valence electrons. The van der Waals surface area contributed by atoms with Gasteiger partial charge in [0.1, 0.15) is 5.75 Å². The second-order valence-electron chi connectivity index (χ2n) is 5.54. The predicted molar refractivity (Wildman–Crippen MR) is 94.2 cm³/mol. The van der Waals surface area contributed by atoms with Crippen molar-refractivity contribution in [2.24, 2.45) is 0 Å². The highest BCUT2D eigenvalue weighted by atomic mass is 32.2. The summed E-state index contributed by atoms with van der Waals surface area (Å²) >= 11 is 0. The molecule has 0 radical (unpaired) electrons. The predicted octanol–water partition coefficient (Wildman–Crippen LogP) is 3.34. The standard InChI is InChI=1S/C17H20N2O5S/c1-4-14(13-9-10-16(24-3)12(2)11-13)18-25(22,23)17-8-6-5-7-15(17)19(20)21/h5-11,14,18H,4H2,1-3H3/t14-/m1/s1. The van der Waals surface area contributed by atoms with E-state index in [9.17, 15) is 18.5 Å². The number of para-hydroxylation sites is 1. The molecule has 0 unspecified atom stereocenters. The van der Waals surface area contributed by atoms with Gasteiger partial charge in [-0.3, -0.25) is 10.1 Å². The average Bonchev–Trinajstić information content (AvgIpc) is 2.59. The monoisotopic (exact) mass is 364 g/mol. The van der Waals surface area contributed by atoms with E-state index in [1.807, 2.05) is 19.9 Å². The fourth-order valence-corrected chi connectivity index (χ4v) is 4.07. The number of nitrogens with one attached hydrogen (secondary N) is 1. The van der Waals surface area contributed by atoms with Crippen molar-refractivity contribution in [1.29, 1.82) is 0 Å². The maximum Gasteiger partial charge on any atom is 0.289 e. The second kappa shape index (κ2) is 7.62. The molecule has 0 fully saturated rings. The first-order valence-electron chi connectivity index (χ1n) is 7.70. The van der Waals surface area contributed by atoms with E-state index < -0.39 is 26.7 Å². The number of nitro groups is 1. The molecule has 2 aromatic rings. The van der Waals surface area contributed by atoms with Crippen molar-refractivity contribution in [2.45, 2.75) is 31.2 Å². The lowest BCUT2D eigenvalue weighted by Crippen LogP contribution is -2.29. The molecule has 1 atom stereocenters. The van der Waals surface area contributed by atoms with Crippen LogP contribution in [-0.4, -0.2) is 20.5 Å². The number of sulfonamides is 1. The lowest BCUT2D eigenvalue weighted by molar-refractivity contribution is -0.387. The molecule has 0 aromatic heterocycles. The molecule has 0 saturated heterocycles. The van der Waals surface area contributed by atoms with Crippen molar-refractivity contribution in [2.75, 3.05) is 7.11 Å². The summed E-state index contributed by atoms with van der Waals surface area (Å²) < 4.78 is 33.1. The molecule has 0 saturated carbocycles. The smallest absolute Gasteiger partial charge is 0.289 e. The van der Waals surface area contributed by atoms with Crippen LogP contribution in [0, 0.1) is 17.0 Å². The minimum absolute atomic E-state index is 0.344. The van der Waals surface area contributed by atoms with Gasteiger partial charge in [-0.25, -0.2) is 13.1 Å². The van der Waals surface area contributed by atoms with Gasteiger partial charge in [-0.2, -0.15) is 0 Å². The molecule has 0 amide bonds. The normalized spacial score (nSPS) is 12.6. The van der Waals surface area contributed by atoms with Crippen molar-refractivity contribution in [3.8, 4) is 5.75 Å². The Labute approximate surface area is 146 Å². The third-order valence-electron chi connectivity index (χ3n) is 3.88. The summed E-state index contributed by atoms with van der Waals surface area (Å²) in [6.07, 6.45) is 0.492. The number of rotatable bonds is 7. The molecular weight excluding hydrogens is 344 g/mol. The molecule has 0 aliphatic carbocycles. The Balaban J connectivity index is 2.38. The molecule has 0 heterocycles. The average molecular weight is 364 g/mol. The highest BCUT2D eigenvalue weighted by molar-refractivity contribution is 7.89. The maximum atomic E-state index is 12.7. The van der Waals surface area contributed by atoms with Crippen LogP contribution in [0.1, 0.15) is 30.5 Å². The highest BCUT2D eigenvalue weighted by Crippen LogP contribution is 2.28. The van der Waals surface area contributed by atoms with E-state index in [4.69, 9.17) is 4.74 Å². The molecule has 2 rings (SSSR count). The van der Waals surface area contributed by atoms with Gasteiger partial charge in [0.05, 0.1) is 12.0 Å². The van der Waals surface area contributed by atoms with E-state index in [0.717, 1.165) is 11.1 Å². The van der Waals surface area contributed by atoms with Crippen LogP contribution in [-0.2, 0) is 10.0 Å². The number of methoxy groups -OCH3 is 1. The zero-order valence-corrected chi connectivity index (χ0v) is 15.0. The van der Waals surface area contributed by atoms with Crippen LogP contribution in [0.25, 0.3) is 0 Å². The molecule has 0 aliphatic heterocycles. The Morgan fingerprint density at radius 2 is 1.92 bits per heavy atom. The largest absolute Gasteiger partial charge is 0.496 e. The molecule has 0 bridgehead atoms. The molecule has 1 N–H and O–H groups in total. The van der Waals surface area contributed by atoms with E-state index in [1.165, 1.54) is 24.3 Å². The number of benzene rings is 2. The summed E-state index contributed by atoms with van der Waals surface area (Å²) in [4.78, 5) is 10.1. The maximum absolute atomic E-state index is 12.7. The van der Waals surface area contributed by atoms with Gasteiger partial charge in [-0.1, -0.05) is 31.2 Å². The van der Waals surface area contributed by atoms with Gasteiger partial charge in [0.25, 0.3) is 5.69 Å². The van der Waals surface area contributed by atoms with Gasteiger partial charge in [-0.05, 0) is 36.6 Å². The summed E-state index contributed by atoms with van der Waals surface area (Å²) in [5, 5.41) is 11.1. The summed E-state index contributed by atoms with van der Waals surface area (Å²) in [6.45, 7) is 3.71. The third kappa shape index (κ3) is 4.15. The van der Waals surface area contributed by atoms with Gasteiger partial charge < -0.3 is 4.74 Å². The summed E-state index contributed by atoms with van der Waals surface area (Å²) in [5.41, 5.74) is 1.20. The summed E-state index contributed by atoms with van der Waals surface area (Å²) in [5.74, 6) is 0.708. The van der Waals surface area contributed by atoms with E-state index in [2.05, 4.69) is 4.72 Å². The third-order valence-corrected chi connectivity index (χ3v) is 5.40. The number of aryl methyl sites for hydroxylation is 1. The fourth-order valence-electron chi connectivity index (χ4n) is 2.59. The van der Waals surface area contributed by atoms with Gasteiger partial charge in [0.15, 0.2) is 4.90 Å². The quantitative estimate of drug-likeness (QED) is 0.600.